The minimum absolute atomic E-state index is 0.336. The Morgan fingerprint density at radius 1 is 1.20 bits per heavy atom. The summed E-state index contributed by atoms with van der Waals surface area (Å²) in [7, 11) is -1.24. The van der Waals surface area contributed by atoms with Gasteiger partial charge < -0.3 is 5.11 Å². The summed E-state index contributed by atoms with van der Waals surface area (Å²) < 4.78 is 0. The van der Waals surface area contributed by atoms with Crippen molar-refractivity contribution in [1.82, 2.24) is 0 Å². The lowest BCUT2D eigenvalue weighted by Gasteiger charge is -2.47. The molecule has 2 saturated carbocycles. The maximum atomic E-state index is 11.2. The topological polar surface area (TPSA) is 20.2 Å². The fraction of sp³-hybridized carbons (Fsp3) is 1.00. The molecule has 2 fully saturated rings. The molecule has 1 N–H and O–H groups in total. The van der Waals surface area contributed by atoms with Gasteiger partial charge in [-0.15, -0.1) is 0 Å². The summed E-state index contributed by atoms with van der Waals surface area (Å²) in [6.07, 6.45) is 5.10. The van der Waals surface area contributed by atoms with Crippen molar-refractivity contribution in [3.63, 3.8) is 0 Å². The molecule has 0 aromatic rings. The van der Waals surface area contributed by atoms with E-state index in [1.54, 1.807) is 0 Å². The third-order valence-corrected chi connectivity index (χ3v) is 8.80. The summed E-state index contributed by atoms with van der Waals surface area (Å²) in [5.41, 5.74) is -0.336. The molecule has 0 radical (unpaired) electrons. The van der Waals surface area contributed by atoms with Gasteiger partial charge in [-0.2, -0.15) is 0 Å². The molecule has 0 aromatic carbocycles. The van der Waals surface area contributed by atoms with Crippen molar-refractivity contribution in [1.29, 1.82) is 0 Å². The Hall–Kier alpha value is 0.177. The molecular formula is C13H26OSi. The van der Waals surface area contributed by atoms with Gasteiger partial charge in [0.05, 0.1) is 13.7 Å². The third-order valence-electron chi connectivity index (χ3n) is 5.03. The summed E-state index contributed by atoms with van der Waals surface area (Å²) in [6.45, 7) is 11.8. The SMILES string of the molecule is CC(C)C(O)(C1CC1)C1([Si](C)(C)C)CC1. The highest BCUT2D eigenvalue weighted by Gasteiger charge is 2.69. The van der Waals surface area contributed by atoms with E-state index < -0.39 is 8.07 Å². The van der Waals surface area contributed by atoms with Crippen LogP contribution in [0, 0.1) is 11.8 Å². The summed E-state index contributed by atoms with van der Waals surface area (Å²) in [6, 6.07) is 0. The van der Waals surface area contributed by atoms with Crippen molar-refractivity contribution in [2.45, 2.75) is 69.8 Å². The molecule has 1 nitrogen and oxygen atoms in total. The second kappa shape index (κ2) is 3.10. The molecule has 2 heteroatoms. The molecule has 1 atom stereocenters. The van der Waals surface area contributed by atoms with Gasteiger partial charge in [-0.3, -0.25) is 0 Å². The standard InChI is InChI=1S/C13H26OSi/c1-10(2)13(14,11-6-7-11)12(8-9-12)15(3,4)5/h10-11,14H,6-9H2,1-5H3. The molecule has 0 saturated heterocycles. The Kier molecular flexibility index (Phi) is 2.41. The lowest BCUT2D eigenvalue weighted by Crippen LogP contribution is -2.52. The van der Waals surface area contributed by atoms with Crippen LogP contribution >= 0.6 is 0 Å². The summed E-state index contributed by atoms with van der Waals surface area (Å²) in [4.78, 5) is 0. The molecule has 0 bridgehead atoms. The van der Waals surface area contributed by atoms with E-state index >= 15 is 0 Å². The molecule has 15 heavy (non-hydrogen) atoms. The minimum Gasteiger partial charge on any atom is -0.389 e. The van der Waals surface area contributed by atoms with Crippen LogP contribution in [0.3, 0.4) is 0 Å². The molecule has 2 rings (SSSR count). The van der Waals surface area contributed by atoms with Gasteiger partial charge >= 0.3 is 0 Å². The second-order valence-corrected chi connectivity index (χ2v) is 12.5. The van der Waals surface area contributed by atoms with Crippen molar-refractivity contribution < 1.29 is 5.11 Å². The van der Waals surface area contributed by atoms with Crippen LogP contribution in [0.25, 0.3) is 0 Å². The van der Waals surface area contributed by atoms with Gasteiger partial charge in [0.15, 0.2) is 0 Å². The monoisotopic (exact) mass is 226 g/mol. The van der Waals surface area contributed by atoms with E-state index in [0.29, 0.717) is 16.9 Å². The van der Waals surface area contributed by atoms with Crippen molar-refractivity contribution in [2.24, 2.45) is 11.8 Å². The molecule has 1 unspecified atom stereocenters. The van der Waals surface area contributed by atoms with Crippen LogP contribution in [0.15, 0.2) is 0 Å². The smallest absolute Gasteiger partial charge is 0.0730 e. The zero-order valence-electron chi connectivity index (χ0n) is 10.9. The molecule has 0 heterocycles. The zero-order valence-corrected chi connectivity index (χ0v) is 11.9. The number of aliphatic hydroxyl groups is 1. The van der Waals surface area contributed by atoms with Crippen molar-refractivity contribution in [3.8, 4) is 0 Å². The van der Waals surface area contributed by atoms with Crippen molar-refractivity contribution in [2.75, 3.05) is 0 Å². The number of rotatable bonds is 4. The van der Waals surface area contributed by atoms with E-state index in [1.807, 2.05) is 0 Å². The zero-order chi connectivity index (χ0) is 11.5. The molecule has 0 aromatic heterocycles. The first-order valence-corrected chi connectivity index (χ1v) is 9.98. The Labute approximate surface area is 95.3 Å². The predicted molar refractivity (Wildman–Crippen MR) is 67.8 cm³/mol. The first-order chi connectivity index (χ1) is 6.76. The number of hydrogen-bond donors (Lipinski definition) is 1. The summed E-state index contributed by atoms with van der Waals surface area (Å²) in [5.74, 6) is 1.05. The van der Waals surface area contributed by atoms with Gasteiger partial charge in [-0.1, -0.05) is 33.5 Å². The van der Waals surface area contributed by atoms with Crippen LogP contribution in [-0.4, -0.2) is 18.8 Å². The van der Waals surface area contributed by atoms with E-state index in [2.05, 4.69) is 33.5 Å². The average Bonchev–Trinajstić information content (AvgIpc) is 2.94. The maximum absolute atomic E-state index is 11.2. The summed E-state index contributed by atoms with van der Waals surface area (Å²) in [5, 5.41) is 11.5. The highest BCUT2D eigenvalue weighted by molar-refractivity contribution is 6.80. The van der Waals surface area contributed by atoms with E-state index in [-0.39, 0.29) is 5.60 Å². The molecular weight excluding hydrogens is 200 g/mol. The lowest BCUT2D eigenvalue weighted by molar-refractivity contribution is -0.0432. The Morgan fingerprint density at radius 2 is 1.67 bits per heavy atom. The Morgan fingerprint density at radius 3 is 1.87 bits per heavy atom. The molecule has 0 aliphatic heterocycles. The summed E-state index contributed by atoms with van der Waals surface area (Å²) >= 11 is 0. The van der Waals surface area contributed by atoms with Gasteiger partial charge in [-0.25, -0.2) is 0 Å². The van der Waals surface area contributed by atoms with Gasteiger partial charge in [0.25, 0.3) is 0 Å². The lowest BCUT2D eigenvalue weighted by atomic mass is 9.80. The van der Waals surface area contributed by atoms with Crippen LogP contribution in [-0.2, 0) is 0 Å². The molecule has 88 valence electrons. The first-order valence-electron chi connectivity index (χ1n) is 6.48. The van der Waals surface area contributed by atoms with E-state index in [0.717, 1.165) is 0 Å². The first kappa shape index (κ1) is 11.7. The van der Waals surface area contributed by atoms with Gasteiger partial charge in [0.1, 0.15) is 0 Å². The molecule has 2 aliphatic carbocycles. The highest BCUT2D eigenvalue weighted by Crippen LogP contribution is 2.73. The average molecular weight is 226 g/mol. The van der Waals surface area contributed by atoms with Crippen molar-refractivity contribution >= 4 is 8.07 Å². The van der Waals surface area contributed by atoms with Gasteiger partial charge in [0, 0.05) is 0 Å². The predicted octanol–water partition coefficient (Wildman–Crippen LogP) is 3.66. The van der Waals surface area contributed by atoms with Crippen LogP contribution in [0.4, 0.5) is 0 Å². The normalized spacial score (nSPS) is 29.0. The van der Waals surface area contributed by atoms with Crippen LogP contribution < -0.4 is 0 Å². The van der Waals surface area contributed by atoms with E-state index in [4.69, 9.17) is 0 Å². The fourth-order valence-electron chi connectivity index (χ4n) is 3.81. The Balaban J connectivity index is 2.33. The van der Waals surface area contributed by atoms with E-state index in [1.165, 1.54) is 25.7 Å². The van der Waals surface area contributed by atoms with Gasteiger partial charge in [0.2, 0.25) is 0 Å². The molecule has 0 spiro atoms. The quantitative estimate of drug-likeness (QED) is 0.725. The Bertz CT molecular complexity index is 254. The van der Waals surface area contributed by atoms with Crippen molar-refractivity contribution in [3.05, 3.63) is 0 Å². The molecule has 0 amide bonds. The highest BCUT2D eigenvalue weighted by atomic mass is 28.3. The maximum Gasteiger partial charge on any atom is 0.0730 e. The largest absolute Gasteiger partial charge is 0.389 e. The minimum atomic E-state index is -1.24. The van der Waals surface area contributed by atoms with Crippen LogP contribution in [0.1, 0.15) is 39.5 Å². The molecule has 2 aliphatic rings. The third kappa shape index (κ3) is 1.44. The van der Waals surface area contributed by atoms with Crippen LogP contribution in [0.5, 0.6) is 0 Å². The van der Waals surface area contributed by atoms with Crippen LogP contribution in [0.2, 0.25) is 24.7 Å². The second-order valence-electron chi connectivity index (χ2n) is 7.09. The van der Waals surface area contributed by atoms with E-state index in [9.17, 15) is 5.11 Å². The number of hydrogen-bond acceptors (Lipinski definition) is 1. The fourth-order valence-corrected chi connectivity index (χ4v) is 7.13. The van der Waals surface area contributed by atoms with Gasteiger partial charge in [-0.05, 0) is 42.6 Å².